The van der Waals surface area contributed by atoms with Gasteiger partial charge in [-0.25, -0.2) is 0 Å². The number of benzene rings is 3. The molecule has 3 N–H and O–H groups in total. The standard InChI is InChI=1S/C21H18N2/c22-14-13-21(23)18-11-9-17(10-12-18)20-8-4-7-19(15-20)16-5-2-1-3-6-16/h1-15,23H,22H2/b14-13-,23-21?. The van der Waals surface area contributed by atoms with Crippen LogP contribution in [0.4, 0.5) is 0 Å². The van der Waals surface area contributed by atoms with Gasteiger partial charge in [0, 0.05) is 0 Å². The van der Waals surface area contributed by atoms with Crippen molar-refractivity contribution in [3.63, 3.8) is 0 Å². The first-order valence-corrected chi connectivity index (χ1v) is 7.51. The average Bonchev–Trinajstić information content (AvgIpc) is 2.63. The maximum Gasteiger partial charge on any atom is 0.0626 e. The molecule has 0 heterocycles. The lowest BCUT2D eigenvalue weighted by Crippen LogP contribution is -1.95. The van der Waals surface area contributed by atoms with E-state index in [1.165, 1.54) is 22.9 Å². The van der Waals surface area contributed by atoms with Crippen LogP contribution in [0.1, 0.15) is 5.56 Å². The summed E-state index contributed by atoms with van der Waals surface area (Å²) in [6.07, 6.45) is 2.98. The maximum absolute atomic E-state index is 7.88. The van der Waals surface area contributed by atoms with Crippen LogP contribution in [0.2, 0.25) is 0 Å². The Kier molecular flexibility index (Phi) is 4.34. The van der Waals surface area contributed by atoms with Gasteiger partial charge in [0.1, 0.15) is 0 Å². The quantitative estimate of drug-likeness (QED) is 0.664. The summed E-state index contributed by atoms with van der Waals surface area (Å²) in [5.74, 6) is 0. The molecule has 0 saturated heterocycles. The van der Waals surface area contributed by atoms with Gasteiger partial charge in [-0.15, -0.1) is 0 Å². The van der Waals surface area contributed by atoms with Crippen LogP contribution in [-0.4, -0.2) is 5.71 Å². The molecule has 3 aromatic carbocycles. The van der Waals surface area contributed by atoms with Crippen molar-refractivity contribution in [3.05, 3.63) is 96.7 Å². The Hall–Kier alpha value is -3.13. The predicted octanol–water partition coefficient (Wildman–Crippen LogP) is 4.86. The molecule has 0 aliphatic heterocycles. The summed E-state index contributed by atoms with van der Waals surface area (Å²) in [7, 11) is 0. The fourth-order valence-corrected chi connectivity index (χ4v) is 2.54. The Labute approximate surface area is 136 Å². The monoisotopic (exact) mass is 298 g/mol. The highest BCUT2D eigenvalue weighted by atomic mass is 14.5. The summed E-state index contributed by atoms with van der Waals surface area (Å²) in [4.78, 5) is 0. The van der Waals surface area contributed by atoms with Gasteiger partial charge in [0.2, 0.25) is 0 Å². The van der Waals surface area contributed by atoms with Crippen LogP contribution in [0.3, 0.4) is 0 Å². The number of hydrogen-bond acceptors (Lipinski definition) is 2. The highest BCUT2D eigenvalue weighted by Crippen LogP contribution is 2.26. The van der Waals surface area contributed by atoms with Crippen LogP contribution >= 0.6 is 0 Å². The topological polar surface area (TPSA) is 49.9 Å². The normalized spacial score (nSPS) is 10.8. The third kappa shape index (κ3) is 3.38. The van der Waals surface area contributed by atoms with Gasteiger partial charge in [-0.05, 0) is 46.2 Å². The zero-order valence-electron chi connectivity index (χ0n) is 12.7. The molecule has 3 aromatic rings. The van der Waals surface area contributed by atoms with Crippen LogP contribution in [0.15, 0.2) is 91.1 Å². The van der Waals surface area contributed by atoms with Crippen molar-refractivity contribution in [1.29, 1.82) is 5.41 Å². The molecular formula is C21H18N2. The summed E-state index contributed by atoms with van der Waals surface area (Å²) >= 11 is 0. The Morgan fingerprint density at radius 3 is 1.87 bits per heavy atom. The second kappa shape index (κ2) is 6.75. The molecule has 0 saturated carbocycles. The lowest BCUT2D eigenvalue weighted by molar-refractivity contribution is 1.48. The molecule has 0 amide bonds. The molecule has 23 heavy (non-hydrogen) atoms. The zero-order chi connectivity index (χ0) is 16.1. The molecule has 3 rings (SSSR count). The van der Waals surface area contributed by atoms with Gasteiger partial charge in [-0.2, -0.15) is 0 Å². The molecule has 0 radical (unpaired) electrons. The lowest BCUT2D eigenvalue weighted by Gasteiger charge is -2.07. The Bertz CT molecular complexity index is 831. The molecule has 2 nitrogen and oxygen atoms in total. The van der Waals surface area contributed by atoms with Gasteiger partial charge in [-0.3, -0.25) is 0 Å². The Balaban J connectivity index is 1.92. The lowest BCUT2D eigenvalue weighted by atomic mass is 9.98. The van der Waals surface area contributed by atoms with Crippen molar-refractivity contribution >= 4 is 5.71 Å². The zero-order valence-corrected chi connectivity index (χ0v) is 12.7. The van der Waals surface area contributed by atoms with E-state index < -0.39 is 0 Å². The number of allylic oxidation sites excluding steroid dienone is 1. The number of hydrogen-bond donors (Lipinski definition) is 2. The van der Waals surface area contributed by atoms with E-state index >= 15 is 0 Å². The SMILES string of the molecule is N=C(/C=C\N)c1ccc(-c2cccc(-c3ccccc3)c2)cc1. The van der Waals surface area contributed by atoms with Crippen molar-refractivity contribution in [2.75, 3.05) is 0 Å². The highest BCUT2D eigenvalue weighted by Gasteiger charge is 2.03. The van der Waals surface area contributed by atoms with Crippen molar-refractivity contribution in [2.45, 2.75) is 0 Å². The van der Waals surface area contributed by atoms with Crippen molar-refractivity contribution in [3.8, 4) is 22.3 Å². The van der Waals surface area contributed by atoms with E-state index in [-0.39, 0.29) is 0 Å². The summed E-state index contributed by atoms with van der Waals surface area (Å²) in [6.45, 7) is 0. The Morgan fingerprint density at radius 2 is 1.26 bits per heavy atom. The molecular weight excluding hydrogens is 280 g/mol. The molecule has 112 valence electrons. The molecule has 0 aliphatic rings. The number of rotatable bonds is 4. The van der Waals surface area contributed by atoms with Crippen LogP contribution in [0.5, 0.6) is 0 Å². The van der Waals surface area contributed by atoms with Crippen molar-refractivity contribution in [2.24, 2.45) is 5.73 Å². The summed E-state index contributed by atoms with van der Waals surface area (Å²) in [5, 5.41) is 7.88. The van der Waals surface area contributed by atoms with Gasteiger partial charge >= 0.3 is 0 Å². The van der Waals surface area contributed by atoms with Gasteiger partial charge in [0.05, 0.1) is 5.71 Å². The smallest absolute Gasteiger partial charge is 0.0626 e. The molecule has 0 atom stereocenters. The third-order valence-corrected chi connectivity index (χ3v) is 3.76. The summed E-state index contributed by atoms with van der Waals surface area (Å²) in [6, 6.07) is 26.8. The van der Waals surface area contributed by atoms with E-state index in [0.717, 1.165) is 11.1 Å². The summed E-state index contributed by atoms with van der Waals surface area (Å²) in [5.41, 5.74) is 11.3. The summed E-state index contributed by atoms with van der Waals surface area (Å²) < 4.78 is 0. The van der Waals surface area contributed by atoms with Crippen LogP contribution in [0.25, 0.3) is 22.3 Å². The molecule has 0 aliphatic carbocycles. The predicted molar refractivity (Wildman–Crippen MR) is 97.5 cm³/mol. The van der Waals surface area contributed by atoms with E-state index in [9.17, 15) is 0 Å². The van der Waals surface area contributed by atoms with E-state index in [1.54, 1.807) is 6.08 Å². The molecule has 2 heteroatoms. The Morgan fingerprint density at radius 1 is 0.696 bits per heavy atom. The molecule has 0 spiro atoms. The first kappa shape index (κ1) is 14.8. The van der Waals surface area contributed by atoms with Crippen LogP contribution in [-0.2, 0) is 0 Å². The minimum atomic E-state index is 0.414. The highest BCUT2D eigenvalue weighted by molar-refractivity contribution is 6.06. The van der Waals surface area contributed by atoms with Crippen molar-refractivity contribution in [1.82, 2.24) is 0 Å². The fraction of sp³-hybridized carbons (Fsp3) is 0. The van der Waals surface area contributed by atoms with E-state index in [2.05, 4.69) is 36.4 Å². The minimum Gasteiger partial charge on any atom is -0.405 e. The second-order valence-corrected chi connectivity index (χ2v) is 5.30. The third-order valence-electron chi connectivity index (χ3n) is 3.76. The van der Waals surface area contributed by atoms with Crippen molar-refractivity contribution < 1.29 is 0 Å². The first-order chi connectivity index (χ1) is 11.3. The van der Waals surface area contributed by atoms with Crippen LogP contribution in [0, 0.1) is 5.41 Å². The van der Waals surface area contributed by atoms with Gasteiger partial charge < -0.3 is 11.1 Å². The van der Waals surface area contributed by atoms with Gasteiger partial charge in [0.25, 0.3) is 0 Å². The van der Waals surface area contributed by atoms with Gasteiger partial charge in [0.15, 0.2) is 0 Å². The van der Waals surface area contributed by atoms with E-state index in [4.69, 9.17) is 11.1 Å². The number of nitrogens with one attached hydrogen (secondary N) is 1. The largest absolute Gasteiger partial charge is 0.405 e. The van der Waals surface area contributed by atoms with Crippen LogP contribution < -0.4 is 5.73 Å². The molecule has 0 fully saturated rings. The minimum absolute atomic E-state index is 0.414. The van der Waals surface area contributed by atoms with E-state index in [1.807, 2.05) is 42.5 Å². The van der Waals surface area contributed by atoms with E-state index in [0.29, 0.717) is 5.71 Å². The molecule has 0 aromatic heterocycles. The van der Waals surface area contributed by atoms with Gasteiger partial charge in [-0.1, -0.05) is 72.8 Å². The maximum atomic E-state index is 7.88. The first-order valence-electron chi connectivity index (χ1n) is 7.51. The number of nitrogens with two attached hydrogens (primary N) is 1. The average molecular weight is 298 g/mol. The molecule has 0 bridgehead atoms. The second-order valence-electron chi connectivity index (χ2n) is 5.30. The molecule has 0 unspecified atom stereocenters. The fourth-order valence-electron chi connectivity index (χ4n) is 2.54.